The Labute approximate surface area is 108 Å². The molecule has 0 amide bonds. The molecule has 0 aliphatic heterocycles. The summed E-state index contributed by atoms with van der Waals surface area (Å²) >= 11 is 1.20. The van der Waals surface area contributed by atoms with Gasteiger partial charge in [0, 0.05) is 18.7 Å². The molecule has 0 aliphatic carbocycles. The van der Waals surface area contributed by atoms with Gasteiger partial charge in [-0.1, -0.05) is 5.16 Å². The van der Waals surface area contributed by atoms with Gasteiger partial charge in [0.1, 0.15) is 12.8 Å². The number of nitrogens with zero attached hydrogens (tertiary/aromatic N) is 2. The number of nitrogens with two attached hydrogens (primary N) is 1. The van der Waals surface area contributed by atoms with Crippen LogP contribution >= 0.6 is 11.3 Å². The first kappa shape index (κ1) is 14.1. The van der Waals surface area contributed by atoms with Crippen LogP contribution in [-0.4, -0.2) is 36.2 Å². The maximum absolute atomic E-state index is 11.8. The Balaban J connectivity index is 2.71. The number of thiazole rings is 1. The van der Waals surface area contributed by atoms with Crippen molar-refractivity contribution in [2.75, 3.05) is 19.5 Å². The predicted molar refractivity (Wildman–Crippen MR) is 66.3 cm³/mol. The maximum Gasteiger partial charge on any atom is 0.302 e. The number of hydrogen-bond acceptors (Lipinski definition) is 8. The van der Waals surface area contributed by atoms with E-state index in [2.05, 4.69) is 19.7 Å². The van der Waals surface area contributed by atoms with Gasteiger partial charge in [0.2, 0.25) is 0 Å². The molecular weight excluding hydrogens is 258 g/mol. The lowest BCUT2D eigenvalue weighted by atomic mass is 10.1. The van der Waals surface area contributed by atoms with E-state index in [4.69, 9.17) is 5.73 Å². The summed E-state index contributed by atoms with van der Waals surface area (Å²) in [6.45, 7) is 1.27. The number of esters is 1. The number of Topliss-reactive ketones (excluding diaryl/α,β-unsaturated/α-hetero) is 1. The highest BCUT2D eigenvalue weighted by Gasteiger charge is 2.18. The summed E-state index contributed by atoms with van der Waals surface area (Å²) in [5, 5.41) is 5.56. The highest BCUT2D eigenvalue weighted by atomic mass is 32.1. The molecule has 0 fully saturated rings. The molecule has 0 atom stereocenters. The minimum Gasteiger partial charge on any atom is -0.465 e. The van der Waals surface area contributed by atoms with E-state index in [0.717, 1.165) is 0 Å². The molecule has 0 saturated carbocycles. The third-order valence-electron chi connectivity index (χ3n) is 1.85. The molecule has 7 nitrogen and oxygen atoms in total. The van der Waals surface area contributed by atoms with Crippen molar-refractivity contribution in [1.82, 2.24) is 4.98 Å². The van der Waals surface area contributed by atoms with Crippen molar-refractivity contribution in [3.05, 3.63) is 11.1 Å². The van der Waals surface area contributed by atoms with Crippen LogP contribution in [0.1, 0.15) is 19.0 Å². The Hall–Kier alpha value is -1.96. The van der Waals surface area contributed by atoms with E-state index in [-0.39, 0.29) is 24.5 Å². The monoisotopic (exact) mass is 271 g/mol. The molecule has 18 heavy (non-hydrogen) atoms. The zero-order valence-electron chi connectivity index (χ0n) is 10.0. The number of aromatic nitrogens is 1. The van der Waals surface area contributed by atoms with Gasteiger partial charge in [-0.2, -0.15) is 0 Å². The number of rotatable bonds is 6. The van der Waals surface area contributed by atoms with E-state index < -0.39 is 5.97 Å². The number of oxime groups is 1. The third-order valence-corrected chi connectivity index (χ3v) is 2.52. The molecule has 0 unspecified atom stereocenters. The summed E-state index contributed by atoms with van der Waals surface area (Å²) in [7, 11) is 1.33. The first-order valence-electron chi connectivity index (χ1n) is 5.03. The normalized spacial score (nSPS) is 11.1. The minimum atomic E-state index is -0.439. The van der Waals surface area contributed by atoms with Crippen LogP contribution in [0.5, 0.6) is 0 Å². The number of hydrogen-bond donors (Lipinski definition) is 1. The van der Waals surface area contributed by atoms with Gasteiger partial charge in [-0.3, -0.25) is 9.59 Å². The van der Waals surface area contributed by atoms with Crippen molar-refractivity contribution in [2.24, 2.45) is 5.16 Å². The Kier molecular flexibility index (Phi) is 5.25. The molecule has 1 rings (SSSR count). The number of nitrogen functional groups attached to an aromatic ring is 1. The van der Waals surface area contributed by atoms with Gasteiger partial charge in [-0.05, 0) is 0 Å². The molecule has 98 valence electrons. The lowest BCUT2D eigenvalue weighted by molar-refractivity contribution is -0.141. The standard InChI is InChI=1S/C10H13N3O4S/c1-6(14)17-4-3-8(15)9(13-16-2)7-5-18-10(11)12-7/h5H,3-4H2,1-2H3,(H2,11,12). The van der Waals surface area contributed by atoms with E-state index in [1.54, 1.807) is 5.38 Å². The van der Waals surface area contributed by atoms with Crippen LogP contribution in [0.25, 0.3) is 0 Å². The highest BCUT2D eigenvalue weighted by Crippen LogP contribution is 2.13. The van der Waals surface area contributed by atoms with E-state index in [9.17, 15) is 9.59 Å². The van der Waals surface area contributed by atoms with Gasteiger partial charge in [-0.25, -0.2) is 4.98 Å². The van der Waals surface area contributed by atoms with Crippen LogP contribution in [-0.2, 0) is 19.2 Å². The summed E-state index contributed by atoms with van der Waals surface area (Å²) in [5.41, 5.74) is 5.90. The minimum absolute atomic E-state index is 0.00345. The summed E-state index contributed by atoms with van der Waals surface area (Å²) in [6.07, 6.45) is 0.0131. The zero-order valence-corrected chi connectivity index (χ0v) is 10.8. The van der Waals surface area contributed by atoms with Crippen LogP contribution in [0.3, 0.4) is 0 Å². The lowest BCUT2D eigenvalue weighted by Crippen LogP contribution is -2.19. The lowest BCUT2D eigenvalue weighted by Gasteiger charge is -2.02. The SMILES string of the molecule is CON=C(C(=O)CCOC(C)=O)c1csc(N)n1. The fraction of sp³-hybridized carbons (Fsp3) is 0.400. The van der Waals surface area contributed by atoms with Crippen molar-refractivity contribution in [3.63, 3.8) is 0 Å². The first-order valence-corrected chi connectivity index (χ1v) is 5.91. The number of anilines is 1. The molecule has 1 aromatic rings. The summed E-state index contributed by atoms with van der Waals surface area (Å²) in [6, 6.07) is 0. The van der Waals surface area contributed by atoms with Crippen LogP contribution < -0.4 is 5.73 Å². The van der Waals surface area contributed by atoms with Crippen molar-refractivity contribution >= 4 is 33.9 Å². The molecule has 1 heterocycles. The molecule has 0 aliphatic rings. The first-order chi connectivity index (χ1) is 8.54. The van der Waals surface area contributed by atoms with Gasteiger partial charge in [0.25, 0.3) is 0 Å². The average Bonchev–Trinajstić information content (AvgIpc) is 2.71. The maximum atomic E-state index is 11.8. The highest BCUT2D eigenvalue weighted by molar-refractivity contribution is 7.13. The Morgan fingerprint density at radius 1 is 1.56 bits per heavy atom. The molecular formula is C10H13N3O4S. The second kappa shape index (κ2) is 6.70. The van der Waals surface area contributed by atoms with E-state index in [1.165, 1.54) is 25.4 Å². The van der Waals surface area contributed by atoms with Gasteiger partial charge in [-0.15, -0.1) is 11.3 Å². The average molecular weight is 271 g/mol. The Morgan fingerprint density at radius 3 is 2.78 bits per heavy atom. The van der Waals surface area contributed by atoms with E-state index in [0.29, 0.717) is 10.8 Å². The number of ether oxygens (including phenoxy) is 1. The van der Waals surface area contributed by atoms with Gasteiger partial charge in [0.05, 0.1) is 6.61 Å². The van der Waals surface area contributed by atoms with Crippen LogP contribution in [0.2, 0.25) is 0 Å². The van der Waals surface area contributed by atoms with Crippen LogP contribution in [0, 0.1) is 0 Å². The molecule has 8 heteroatoms. The summed E-state index contributed by atoms with van der Waals surface area (Å²) in [4.78, 5) is 31.0. The molecule has 0 spiro atoms. The fourth-order valence-corrected chi connectivity index (χ4v) is 1.68. The van der Waals surface area contributed by atoms with Crippen LogP contribution in [0.4, 0.5) is 5.13 Å². The number of carbonyl (C=O) groups excluding carboxylic acids is 2. The molecule has 0 aromatic carbocycles. The smallest absolute Gasteiger partial charge is 0.302 e. The quantitative estimate of drug-likeness (QED) is 0.461. The summed E-state index contributed by atoms with van der Waals surface area (Å²) < 4.78 is 4.68. The fourth-order valence-electron chi connectivity index (χ4n) is 1.13. The van der Waals surface area contributed by atoms with Crippen molar-refractivity contribution in [3.8, 4) is 0 Å². The molecule has 0 bridgehead atoms. The van der Waals surface area contributed by atoms with Crippen molar-refractivity contribution in [2.45, 2.75) is 13.3 Å². The van der Waals surface area contributed by atoms with Crippen molar-refractivity contribution < 1.29 is 19.2 Å². The number of ketones is 1. The molecule has 2 N–H and O–H groups in total. The van der Waals surface area contributed by atoms with Crippen LogP contribution in [0.15, 0.2) is 10.5 Å². The second-order valence-corrected chi connectivity index (χ2v) is 4.10. The third kappa shape index (κ3) is 4.13. The molecule has 1 aromatic heterocycles. The Bertz CT molecular complexity index is 469. The Morgan fingerprint density at radius 2 is 2.28 bits per heavy atom. The molecule has 0 saturated heterocycles. The van der Waals surface area contributed by atoms with E-state index >= 15 is 0 Å². The largest absolute Gasteiger partial charge is 0.465 e. The second-order valence-electron chi connectivity index (χ2n) is 3.21. The number of carbonyl (C=O) groups is 2. The van der Waals surface area contributed by atoms with Crippen molar-refractivity contribution in [1.29, 1.82) is 0 Å². The topological polar surface area (TPSA) is 104 Å². The van der Waals surface area contributed by atoms with Gasteiger partial charge >= 0.3 is 5.97 Å². The molecule has 0 radical (unpaired) electrons. The zero-order chi connectivity index (χ0) is 13.5. The predicted octanol–water partition coefficient (Wildman–Crippen LogP) is 0.598. The summed E-state index contributed by atoms with van der Waals surface area (Å²) in [5.74, 6) is -0.769. The van der Waals surface area contributed by atoms with E-state index in [1.807, 2.05) is 0 Å². The van der Waals surface area contributed by atoms with Gasteiger partial charge in [0.15, 0.2) is 16.6 Å². The van der Waals surface area contributed by atoms with Gasteiger partial charge < -0.3 is 15.3 Å².